The molecule has 0 spiro atoms. The summed E-state index contributed by atoms with van der Waals surface area (Å²) in [6, 6.07) is 10.7. The van der Waals surface area contributed by atoms with Crippen molar-refractivity contribution in [3.63, 3.8) is 0 Å². The fraction of sp³-hybridized carbons (Fsp3) is 0.364. The summed E-state index contributed by atoms with van der Waals surface area (Å²) >= 11 is 1.26. The number of nitrogens with zero attached hydrogens (tertiary/aromatic N) is 1. The van der Waals surface area contributed by atoms with Crippen molar-refractivity contribution in [2.24, 2.45) is 5.41 Å². The van der Waals surface area contributed by atoms with Gasteiger partial charge in [0.05, 0.1) is 24.8 Å². The molecule has 158 valence electrons. The molecule has 0 radical (unpaired) electrons. The average Bonchev–Trinajstić information content (AvgIpc) is 2.73. The van der Waals surface area contributed by atoms with E-state index in [4.69, 9.17) is 9.47 Å². The third kappa shape index (κ3) is 4.33. The van der Waals surface area contributed by atoms with Crippen molar-refractivity contribution in [3.8, 4) is 0 Å². The van der Waals surface area contributed by atoms with Crippen LogP contribution in [0, 0.1) is 5.41 Å². The quantitative estimate of drug-likeness (QED) is 0.471. The second-order valence-electron chi connectivity index (χ2n) is 7.56. The molecule has 0 bridgehead atoms. The highest BCUT2D eigenvalue weighted by Gasteiger charge is 2.32. The Morgan fingerprint density at radius 3 is 2.20 bits per heavy atom. The van der Waals surface area contributed by atoms with Gasteiger partial charge in [0, 0.05) is 22.3 Å². The van der Waals surface area contributed by atoms with E-state index in [1.165, 1.54) is 18.9 Å². The van der Waals surface area contributed by atoms with E-state index >= 15 is 0 Å². The van der Waals surface area contributed by atoms with Crippen molar-refractivity contribution in [2.45, 2.75) is 13.8 Å². The number of hydrogen-bond donors (Lipinski definition) is 0. The molecule has 7 nitrogen and oxygen atoms in total. The van der Waals surface area contributed by atoms with Crippen LogP contribution in [0.5, 0.6) is 0 Å². The highest BCUT2D eigenvalue weighted by atomic mass is 32.2. The van der Waals surface area contributed by atoms with Crippen LogP contribution in [-0.4, -0.2) is 60.4 Å². The molecule has 0 aliphatic carbocycles. The molecule has 0 saturated heterocycles. The summed E-state index contributed by atoms with van der Waals surface area (Å²) in [6.07, 6.45) is 0. The molecule has 8 heteroatoms. The zero-order valence-corrected chi connectivity index (χ0v) is 17.9. The topological polar surface area (TPSA) is 90.0 Å². The van der Waals surface area contributed by atoms with Crippen molar-refractivity contribution in [1.82, 2.24) is 4.90 Å². The number of methoxy groups -OCH3 is 1. The first-order chi connectivity index (χ1) is 14.3. The van der Waals surface area contributed by atoms with Gasteiger partial charge >= 0.3 is 11.9 Å². The first-order valence-electron chi connectivity index (χ1n) is 9.46. The maximum Gasteiger partial charge on any atom is 0.315 e. The molecule has 0 N–H and O–H groups in total. The molecule has 3 rings (SSSR count). The molecule has 2 aromatic rings. The number of carbonyl (C=O) groups is 4. The van der Waals surface area contributed by atoms with Gasteiger partial charge in [-0.1, -0.05) is 24.3 Å². The predicted octanol–water partition coefficient (Wildman–Crippen LogP) is 2.91. The van der Waals surface area contributed by atoms with Crippen LogP contribution in [0.4, 0.5) is 0 Å². The van der Waals surface area contributed by atoms with Crippen LogP contribution in [0.15, 0.2) is 36.4 Å². The molecule has 1 aliphatic heterocycles. The number of hydrogen-bond acceptors (Lipinski definition) is 7. The second kappa shape index (κ2) is 8.87. The third-order valence-corrected chi connectivity index (χ3v) is 6.22. The van der Waals surface area contributed by atoms with Crippen LogP contribution in [0.1, 0.15) is 34.6 Å². The molecule has 2 amide bonds. The Kier molecular flexibility index (Phi) is 6.45. The summed E-state index contributed by atoms with van der Waals surface area (Å²) in [5.74, 6) is -1.15. The first kappa shape index (κ1) is 21.8. The van der Waals surface area contributed by atoms with Gasteiger partial charge in [-0.3, -0.25) is 24.1 Å². The van der Waals surface area contributed by atoms with Crippen LogP contribution < -0.4 is 0 Å². The zero-order chi connectivity index (χ0) is 21.9. The van der Waals surface area contributed by atoms with E-state index in [1.807, 2.05) is 12.1 Å². The van der Waals surface area contributed by atoms with Gasteiger partial charge in [-0.25, -0.2) is 0 Å². The van der Waals surface area contributed by atoms with Crippen LogP contribution >= 0.6 is 11.8 Å². The Morgan fingerprint density at radius 2 is 1.63 bits per heavy atom. The van der Waals surface area contributed by atoms with Gasteiger partial charge in [-0.05, 0) is 31.4 Å². The summed E-state index contributed by atoms with van der Waals surface area (Å²) in [4.78, 5) is 50.3. The summed E-state index contributed by atoms with van der Waals surface area (Å²) in [6.45, 7) is 3.37. The number of amides is 2. The van der Waals surface area contributed by atoms with Gasteiger partial charge in [0.25, 0.3) is 11.8 Å². The molecule has 0 unspecified atom stereocenters. The van der Waals surface area contributed by atoms with E-state index in [0.29, 0.717) is 22.3 Å². The lowest BCUT2D eigenvalue weighted by Gasteiger charge is -2.27. The van der Waals surface area contributed by atoms with Crippen LogP contribution in [-0.2, 0) is 19.1 Å². The summed E-state index contributed by atoms with van der Waals surface area (Å²) in [5.41, 5.74) is 0.227. The lowest BCUT2D eigenvalue weighted by atomic mass is 9.94. The molecular formula is C22H23NO6S. The maximum absolute atomic E-state index is 12.8. The normalized spacial score (nSPS) is 13.5. The minimum absolute atomic E-state index is 0.0214. The SMILES string of the molecule is COC(=O)C(C)(C)CSCC(=O)OCCN1C(=O)c2cccc3cccc(c23)C1=O. The van der Waals surface area contributed by atoms with Gasteiger partial charge in [-0.15, -0.1) is 11.8 Å². The molecule has 1 heterocycles. The van der Waals surface area contributed by atoms with Crippen LogP contribution in [0.25, 0.3) is 10.8 Å². The van der Waals surface area contributed by atoms with Gasteiger partial charge in [0.2, 0.25) is 0 Å². The molecule has 0 atom stereocenters. The zero-order valence-electron chi connectivity index (χ0n) is 17.1. The molecule has 0 saturated carbocycles. The number of imide groups is 1. The minimum atomic E-state index is -0.708. The van der Waals surface area contributed by atoms with Crippen LogP contribution in [0.2, 0.25) is 0 Å². The number of thioether (sulfide) groups is 1. The minimum Gasteiger partial charge on any atom is -0.469 e. The Labute approximate surface area is 178 Å². The third-order valence-electron chi connectivity index (χ3n) is 4.85. The highest BCUT2D eigenvalue weighted by Crippen LogP contribution is 2.29. The van der Waals surface area contributed by atoms with E-state index in [9.17, 15) is 19.2 Å². The number of benzene rings is 2. The Balaban J connectivity index is 1.54. The van der Waals surface area contributed by atoms with Gasteiger partial charge in [0.15, 0.2) is 0 Å². The van der Waals surface area contributed by atoms with Crippen molar-refractivity contribution < 1.29 is 28.7 Å². The van der Waals surface area contributed by atoms with E-state index in [0.717, 1.165) is 10.3 Å². The highest BCUT2D eigenvalue weighted by molar-refractivity contribution is 7.99. The Hall–Kier alpha value is -2.87. The van der Waals surface area contributed by atoms with Gasteiger partial charge in [-0.2, -0.15) is 0 Å². The summed E-state index contributed by atoms with van der Waals surface area (Å²) < 4.78 is 9.91. The van der Waals surface area contributed by atoms with E-state index < -0.39 is 23.2 Å². The standard InChI is InChI=1S/C22H23NO6S/c1-22(2,21(27)28-3)13-30-12-17(24)29-11-10-23-19(25)15-8-4-6-14-7-5-9-16(18(14)15)20(23)26/h4-9H,10-13H2,1-3H3. The molecule has 1 aliphatic rings. The Bertz CT molecular complexity index is 965. The van der Waals surface area contributed by atoms with Crippen molar-refractivity contribution in [3.05, 3.63) is 47.5 Å². The summed E-state index contributed by atoms with van der Waals surface area (Å²) in [7, 11) is 1.32. The van der Waals surface area contributed by atoms with Crippen LogP contribution in [0.3, 0.4) is 0 Å². The Morgan fingerprint density at radius 1 is 1.03 bits per heavy atom. The van der Waals surface area contributed by atoms with Crippen molar-refractivity contribution >= 4 is 46.3 Å². The second-order valence-corrected chi connectivity index (χ2v) is 8.55. The average molecular weight is 429 g/mol. The van der Waals surface area contributed by atoms with Gasteiger partial charge in [0.1, 0.15) is 6.61 Å². The largest absolute Gasteiger partial charge is 0.469 e. The van der Waals surface area contributed by atoms with Crippen molar-refractivity contribution in [1.29, 1.82) is 0 Å². The molecule has 30 heavy (non-hydrogen) atoms. The number of carbonyl (C=O) groups excluding carboxylic acids is 4. The lowest BCUT2D eigenvalue weighted by Crippen LogP contribution is -2.42. The van der Waals surface area contributed by atoms with E-state index in [2.05, 4.69) is 0 Å². The lowest BCUT2D eigenvalue weighted by molar-refractivity contribution is -0.149. The summed E-state index contributed by atoms with van der Waals surface area (Å²) in [5, 5.41) is 1.50. The molecule has 0 fully saturated rings. The number of rotatable bonds is 8. The fourth-order valence-electron chi connectivity index (χ4n) is 3.30. The predicted molar refractivity (Wildman–Crippen MR) is 113 cm³/mol. The number of ether oxygens (including phenoxy) is 2. The van der Waals surface area contributed by atoms with E-state index in [-0.39, 0.29) is 24.9 Å². The van der Waals surface area contributed by atoms with E-state index in [1.54, 1.807) is 38.1 Å². The maximum atomic E-state index is 12.8. The molecular weight excluding hydrogens is 406 g/mol. The molecule has 0 aromatic heterocycles. The van der Waals surface area contributed by atoms with Crippen molar-refractivity contribution in [2.75, 3.05) is 31.8 Å². The fourth-order valence-corrected chi connectivity index (χ4v) is 4.28. The number of esters is 2. The monoisotopic (exact) mass is 429 g/mol. The first-order valence-corrected chi connectivity index (χ1v) is 10.6. The molecule has 2 aromatic carbocycles. The smallest absolute Gasteiger partial charge is 0.315 e. The van der Waals surface area contributed by atoms with Gasteiger partial charge < -0.3 is 9.47 Å².